The molecule has 0 aromatic rings. The van der Waals surface area contributed by atoms with Crippen molar-refractivity contribution in [3.63, 3.8) is 0 Å². The first-order valence-electron chi connectivity index (χ1n) is 3.51. The standard InChI is InChI=1S/C7H15NO2/c1-4-5-6(8-2)7(9)10-3/h6,8H,4-5H2,1-3H3/t6-/m1/s1. The monoisotopic (exact) mass is 145 g/mol. The largest absolute Gasteiger partial charge is 0.468 e. The fraction of sp³-hybridized carbons (Fsp3) is 0.857. The third-order valence-corrected chi connectivity index (χ3v) is 1.41. The van der Waals surface area contributed by atoms with Crippen LogP contribution in [0.5, 0.6) is 0 Å². The summed E-state index contributed by atoms with van der Waals surface area (Å²) in [4.78, 5) is 10.8. The Balaban J connectivity index is 3.68. The maximum Gasteiger partial charge on any atom is 0.322 e. The Morgan fingerprint density at radius 1 is 1.70 bits per heavy atom. The summed E-state index contributed by atoms with van der Waals surface area (Å²) >= 11 is 0. The van der Waals surface area contributed by atoms with E-state index in [4.69, 9.17) is 0 Å². The van der Waals surface area contributed by atoms with Crippen LogP contribution in [0.2, 0.25) is 0 Å². The summed E-state index contributed by atoms with van der Waals surface area (Å²) in [6.07, 6.45) is 1.82. The molecule has 0 rings (SSSR count). The lowest BCUT2D eigenvalue weighted by Gasteiger charge is -2.11. The van der Waals surface area contributed by atoms with Crippen molar-refractivity contribution in [2.24, 2.45) is 0 Å². The van der Waals surface area contributed by atoms with Crippen LogP contribution in [-0.2, 0) is 9.53 Å². The van der Waals surface area contributed by atoms with Gasteiger partial charge in [-0.3, -0.25) is 4.79 Å². The predicted octanol–water partition coefficient (Wildman–Crippen LogP) is 0.547. The first-order chi connectivity index (χ1) is 4.76. The molecule has 10 heavy (non-hydrogen) atoms. The molecule has 0 aliphatic heterocycles. The van der Waals surface area contributed by atoms with Gasteiger partial charge in [-0.25, -0.2) is 0 Å². The molecule has 0 unspecified atom stereocenters. The molecule has 3 nitrogen and oxygen atoms in total. The van der Waals surface area contributed by atoms with Crippen molar-refractivity contribution in [2.45, 2.75) is 25.8 Å². The molecule has 0 saturated heterocycles. The van der Waals surface area contributed by atoms with Crippen LogP contribution in [0.15, 0.2) is 0 Å². The van der Waals surface area contributed by atoms with Gasteiger partial charge < -0.3 is 10.1 Å². The molecule has 1 atom stereocenters. The number of rotatable bonds is 4. The van der Waals surface area contributed by atoms with Gasteiger partial charge in [0.15, 0.2) is 0 Å². The van der Waals surface area contributed by atoms with E-state index in [-0.39, 0.29) is 12.0 Å². The first kappa shape index (κ1) is 9.43. The Hall–Kier alpha value is -0.570. The zero-order valence-corrected chi connectivity index (χ0v) is 6.81. The molecule has 0 spiro atoms. The highest BCUT2D eigenvalue weighted by Crippen LogP contribution is 1.96. The quantitative estimate of drug-likeness (QED) is 0.587. The SMILES string of the molecule is CCC[C@@H](NC)C(=O)OC. The van der Waals surface area contributed by atoms with Crippen molar-refractivity contribution in [3.8, 4) is 0 Å². The Kier molecular flexibility index (Phi) is 4.94. The minimum atomic E-state index is -0.177. The lowest BCUT2D eigenvalue weighted by atomic mass is 10.2. The predicted molar refractivity (Wildman–Crippen MR) is 39.8 cm³/mol. The summed E-state index contributed by atoms with van der Waals surface area (Å²) in [5.74, 6) is -0.177. The third kappa shape index (κ3) is 2.82. The van der Waals surface area contributed by atoms with E-state index in [1.54, 1.807) is 7.05 Å². The van der Waals surface area contributed by atoms with Crippen LogP contribution in [0.1, 0.15) is 19.8 Å². The fourth-order valence-corrected chi connectivity index (χ4v) is 0.811. The van der Waals surface area contributed by atoms with Crippen molar-refractivity contribution >= 4 is 5.97 Å². The second-order valence-corrected chi connectivity index (χ2v) is 2.15. The average Bonchev–Trinajstić information content (AvgIpc) is 1.99. The van der Waals surface area contributed by atoms with Gasteiger partial charge in [-0.1, -0.05) is 13.3 Å². The lowest BCUT2D eigenvalue weighted by Crippen LogP contribution is -2.34. The van der Waals surface area contributed by atoms with Gasteiger partial charge in [0.05, 0.1) is 7.11 Å². The Morgan fingerprint density at radius 2 is 2.30 bits per heavy atom. The van der Waals surface area contributed by atoms with E-state index in [0.717, 1.165) is 12.8 Å². The van der Waals surface area contributed by atoms with E-state index in [2.05, 4.69) is 10.1 Å². The Bertz CT molecular complexity index is 104. The van der Waals surface area contributed by atoms with Gasteiger partial charge in [-0.05, 0) is 13.5 Å². The Morgan fingerprint density at radius 3 is 2.60 bits per heavy atom. The molecule has 0 aromatic carbocycles. The molecule has 0 radical (unpaired) electrons. The van der Waals surface area contributed by atoms with Crippen molar-refractivity contribution in [1.82, 2.24) is 5.32 Å². The summed E-state index contributed by atoms with van der Waals surface area (Å²) in [6, 6.07) is -0.130. The average molecular weight is 145 g/mol. The maximum absolute atomic E-state index is 10.8. The molecule has 0 bridgehead atoms. The Labute approximate surface area is 61.8 Å². The number of hydrogen-bond acceptors (Lipinski definition) is 3. The molecule has 0 saturated carbocycles. The molecular formula is C7H15NO2. The van der Waals surface area contributed by atoms with Crippen LogP contribution < -0.4 is 5.32 Å². The number of carbonyl (C=O) groups excluding carboxylic acids is 1. The normalized spacial score (nSPS) is 12.7. The molecule has 0 aromatic heterocycles. The zero-order valence-electron chi connectivity index (χ0n) is 6.81. The molecule has 1 N–H and O–H groups in total. The third-order valence-electron chi connectivity index (χ3n) is 1.41. The van der Waals surface area contributed by atoms with E-state index >= 15 is 0 Å². The molecule has 0 aliphatic carbocycles. The van der Waals surface area contributed by atoms with E-state index in [1.807, 2.05) is 6.92 Å². The van der Waals surface area contributed by atoms with Gasteiger partial charge in [0, 0.05) is 0 Å². The summed E-state index contributed by atoms with van der Waals surface area (Å²) in [6.45, 7) is 2.04. The van der Waals surface area contributed by atoms with Gasteiger partial charge in [-0.15, -0.1) is 0 Å². The van der Waals surface area contributed by atoms with Gasteiger partial charge >= 0.3 is 5.97 Å². The number of carbonyl (C=O) groups is 1. The smallest absolute Gasteiger partial charge is 0.322 e. The van der Waals surface area contributed by atoms with E-state index in [1.165, 1.54) is 7.11 Å². The van der Waals surface area contributed by atoms with Crippen LogP contribution in [-0.4, -0.2) is 26.2 Å². The number of esters is 1. The van der Waals surface area contributed by atoms with Gasteiger partial charge in [0.1, 0.15) is 6.04 Å². The van der Waals surface area contributed by atoms with E-state index in [9.17, 15) is 4.79 Å². The molecule has 0 amide bonds. The summed E-state index contributed by atoms with van der Waals surface area (Å²) in [7, 11) is 3.17. The van der Waals surface area contributed by atoms with Crippen LogP contribution in [0.3, 0.4) is 0 Å². The fourth-order valence-electron chi connectivity index (χ4n) is 0.811. The number of ether oxygens (including phenoxy) is 1. The van der Waals surface area contributed by atoms with Crippen molar-refractivity contribution in [1.29, 1.82) is 0 Å². The van der Waals surface area contributed by atoms with Gasteiger partial charge in [0.2, 0.25) is 0 Å². The van der Waals surface area contributed by atoms with Crippen molar-refractivity contribution < 1.29 is 9.53 Å². The molecule has 0 heterocycles. The molecular weight excluding hydrogens is 130 g/mol. The minimum absolute atomic E-state index is 0.130. The lowest BCUT2D eigenvalue weighted by molar-refractivity contribution is -0.143. The second kappa shape index (κ2) is 5.23. The number of likely N-dealkylation sites (N-methyl/N-ethyl adjacent to an activating group) is 1. The highest BCUT2D eigenvalue weighted by molar-refractivity contribution is 5.75. The summed E-state index contributed by atoms with van der Waals surface area (Å²) in [5.41, 5.74) is 0. The van der Waals surface area contributed by atoms with Crippen LogP contribution in [0, 0.1) is 0 Å². The first-order valence-corrected chi connectivity index (χ1v) is 3.51. The topological polar surface area (TPSA) is 38.3 Å². The van der Waals surface area contributed by atoms with Crippen LogP contribution in [0.25, 0.3) is 0 Å². The van der Waals surface area contributed by atoms with Gasteiger partial charge in [-0.2, -0.15) is 0 Å². The molecule has 3 heteroatoms. The summed E-state index contributed by atoms with van der Waals surface area (Å²) < 4.78 is 4.55. The second-order valence-electron chi connectivity index (χ2n) is 2.15. The van der Waals surface area contributed by atoms with Crippen molar-refractivity contribution in [2.75, 3.05) is 14.2 Å². The zero-order chi connectivity index (χ0) is 7.98. The number of methoxy groups -OCH3 is 1. The summed E-state index contributed by atoms with van der Waals surface area (Å²) in [5, 5.41) is 2.88. The highest BCUT2D eigenvalue weighted by Gasteiger charge is 2.14. The van der Waals surface area contributed by atoms with E-state index in [0.29, 0.717) is 0 Å². The molecule has 0 aliphatic rings. The van der Waals surface area contributed by atoms with Crippen LogP contribution in [0.4, 0.5) is 0 Å². The van der Waals surface area contributed by atoms with Crippen molar-refractivity contribution in [3.05, 3.63) is 0 Å². The molecule has 60 valence electrons. The van der Waals surface area contributed by atoms with E-state index < -0.39 is 0 Å². The van der Waals surface area contributed by atoms with Gasteiger partial charge in [0.25, 0.3) is 0 Å². The molecule has 0 fully saturated rings. The number of hydrogen-bond donors (Lipinski definition) is 1. The minimum Gasteiger partial charge on any atom is -0.468 e. The maximum atomic E-state index is 10.8. The highest BCUT2D eigenvalue weighted by atomic mass is 16.5. The van der Waals surface area contributed by atoms with Crippen LogP contribution >= 0.6 is 0 Å². The number of nitrogens with one attached hydrogen (secondary N) is 1.